The molecule has 0 heterocycles. The Morgan fingerprint density at radius 3 is 2.29 bits per heavy atom. The van der Waals surface area contributed by atoms with Crippen molar-refractivity contribution in [3.05, 3.63) is 63.2 Å². The Morgan fingerprint density at radius 2 is 1.77 bits per heavy atom. The number of rotatable bonds is 9. The zero-order chi connectivity index (χ0) is 23.2. The summed E-state index contributed by atoms with van der Waals surface area (Å²) < 4.78 is 27.0. The Hall–Kier alpha value is -2.14. The van der Waals surface area contributed by atoms with Crippen molar-refractivity contribution in [1.29, 1.82) is 0 Å². The predicted molar refractivity (Wildman–Crippen MR) is 131 cm³/mol. The van der Waals surface area contributed by atoms with Gasteiger partial charge in [-0.2, -0.15) is 0 Å². The third kappa shape index (κ3) is 6.93. The van der Waals surface area contributed by atoms with E-state index in [0.29, 0.717) is 12.1 Å². The molecule has 2 amide bonds. The molecule has 2 aromatic carbocycles. The van der Waals surface area contributed by atoms with E-state index in [2.05, 4.69) is 27.9 Å². The largest absolute Gasteiger partial charge is 0.357 e. The first-order chi connectivity index (χ1) is 14.6. The first kappa shape index (κ1) is 25.1. The topological polar surface area (TPSA) is 86.8 Å². The highest BCUT2D eigenvalue weighted by Gasteiger charge is 2.31. The number of likely N-dealkylation sites (N-methyl/N-ethyl adjacent to an activating group) is 1. The highest BCUT2D eigenvalue weighted by Crippen LogP contribution is 2.21. The number of nitrogens with zero attached hydrogens (tertiary/aromatic N) is 2. The summed E-state index contributed by atoms with van der Waals surface area (Å²) >= 11 is 2.13. The zero-order valence-electron chi connectivity index (χ0n) is 18.1. The molecule has 9 heteroatoms. The molecule has 0 bridgehead atoms. The molecule has 0 fully saturated rings. The van der Waals surface area contributed by atoms with Crippen LogP contribution in [0.25, 0.3) is 0 Å². The molecule has 168 valence electrons. The van der Waals surface area contributed by atoms with Gasteiger partial charge in [-0.25, -0.2) is 8.42 Å². The van der Waals surface area contributed by atoms with Gasteiger partial charge in [0.15, 0.2) is 0 Å². The van der Waals surface area contributed by atoms with Gasteiger partial charge in [0.1, 0.15) is 12.6 Å². The van der Waals surface area contributed by atoms with Gasteiger partial charge in [0.2, 0.25) is 21.8 Å². The van der Waals surface area contributed by atoms with Gasteiger partial charge in [-0.3, -0.25) is 13.9 Å². The fourth-order valence-corrected chi connectivity index (χ4v) is 4.52. The zero-order valence-corrected chi connectivity index (χ0v) is 21.1. The second kappa shape index (κ2) is 10.9. The normalized spacial score (nSPS) is 12.2. The summed E-state index contributed by atoms with van der Waals surface area (Å²) in [7, 11) is -2.19. The van der Waals surface area contributed by atoms with Crippen molar-refractivity contribution in [3.8, 4) is 0 Å². The van der Waals surface area contributed by atoms with Gasteiger partial charge in [-0.05, 0) is 65.8 Å². The number of hydrogen-bond donors (Lipinski definition) is 1. The molecule has 2 aromatic rings. The van der Waals surface area contributed by atoms with Crippen molar-refractivity contribution in [2.24, 2.45) is 0 Å². The first-order valence-corrected chi connectivity index (χ1v) is 12.8. The van der Waals surface area contributed by atoms with Crippen molar-refractivity contribution >= 4 is 50.1 Å². The summed E-state index contributed by atoms with van der Waals surface area (Å²) in [5, 5.41) is 2.60. The van der Waals surface area contributed by atoms with Crippen molar-refractivity contribution in [2.45, 2.75) is 32.9 Å². The summed E-state index contributed by atoms with van der Waals surface area (Å²) in [6, 6.07) is 13.9. The van der Waals surface area contributed by atoms with Gasteiger partial charge in [0.05, 0.1) is 11.9 Å². The molecule has 1 N–H and O–H groups in total. The quantitative estimate of drug-likeness (QED) is 0.481. The summed E-state index contributed by atoms with van der Waals surface area (Å²) in [5.74, 6) is -0.732. The van der Waals surface area contributed by atoms with Crippen LogP contribution in [0.4, 0.5) is 5.69 Å². The average molecular weight is 557 g/mol. The molecule has 1 unspecified atom stereocenters. The van der Waals surface area contributed by atoms with Gasteiger partial charge in [-0.1, -0.05) is 36.8 Å². The van der Waals surface area contributed by atoms with Crippen LogP contribution in [-0.2, 0) is 26.2 Å². The van der Waals surface area contributed by atoms with E-state index in [0.717, 1.165) is 25.3 Å². The smallest absolute Gasteiger partial charge is 0.244 e. The van der Waals surface area contributed by atoms with E-state index >= 15 is 0 Å². The monoisotopic (exact) mass is 557 g/mol. The van der Waals surface area contributed by atoms with E-state index in [-0.39, 0.29) is 12.5 Å². The van der Waals surface area contributed by atoms with Crippen molar-refractivity contribution < 1.29 is 18.0 Å². The molecule has 0 saturated heterocycles. The van der Waals surface area contributed by atoms with Crippen LogP contribution in [0.5, 0.6) is 0 Å². The van der Waals surface area contributed by atoms with Gasteiger partial charge in [-0.15, -0.1) is 0 Å². The Labute approximate surface area is 198 Å². The molecular formula is C22H28IN3O4S. The van der Waals surface area contributed by atoms with E-state index in [4.69, 9.17) is 0 Å². The third-order valence-corrected chi connectivity index (χ3v) is 6.72. The van der Waals surface area contributed by atoms with Crippen molar-refractivity contribution in [3.63, 3.8) is 0 Å². The van der Waals surface area contributed by atoms with Gasteiger partial charge in [0.25, 0.3) is 0 Å². The van der Waals surface area contributed by atoms with E-state index < -0.39 is 28.5 Å². The fraction of sp³-hybridized carbons (Fsp3) is 0.364. The summed E-state index contributed by atoms with van der Waals surface area (Å²) in [4.78, 5) is 27.3. The van der Waals surface area contributed by atoms with Crippen LogP contribution in [0, 0.1) is 10.5 Å². The van der Waals surface area contributed by atoms with Gasteiger partial charge < -0.3 is 10.2 Å². The molecule has 2 rings (SSSR count). The number of carbonyl (C=O) groups is 2. The lowest BCUT2D eigenvalue weighted by Gasteiger charge is -2.32. The Morgan fingerprint density at radius 1 is 1.13 bits per heavy atom. The second-order valence-electron chi connectivity index (χ2n) is 7.30. The summed E-state index contributed by atoms with van der Waals surface area (Å²) in [6.07, 6.45) is 1.47. The molecule has 0 radical (unpaired) electrons. The Balaban J connectivity index is 2.41. The summed E-state index contributed by atoms with van der Waals surface area (Å²) in [5.41, 5.74) is 2.31. The molecule has 1 atom stereocenters. The van der Waals surface area contributed by atoms with Crippen LogP contribution < -0.4 is 9.62 Å². The number of carbonyl (C=O) groups excluding carboxylic acids is 2. The number of benzene rings is 2. The molecule has 0 saturated carbocycles. The number of sulfonamides is 1. The van der Waals surface area contributed by atoms with Crippen molar-refractivity contribution in [1.82, 2.24) is 10.2 Å². The maximum absolute atomic E-state index is 13.4. The number of nitrogens with one attached hydrogen (secondary N) is 1. The van der Waals surface area contributed by atoms with E-state index in [9.17, 15) is 18.0 Å². The lowest BCUT2D eigenvalue weighted by atomic mass is 10.1. The number of amides is 2. The number of aryl methyl sites for hydroxylation is 1. The molecule has 0 aliphatic rings. The lowest BCUT2D eigenvalue weighted by molar-refractivity contribution is -0.140. The molecule has 7 nitrogen and oxygen atoms in total. The van der Waals surface area contributed by atoms with Crippen LogP contribution in [0.3, 0.4) is 0 Å². The van der Waals surface area contributed by atoms with Crippen LogP contribution in [0.1, 0.15) is 24.5 Å². The van der Waals surface area contributed by atoms with Gasteiger partial charge in [0, 0.05) is 17.2 Å². The molecular weight excluding hydrogens is 529 g/mol. The first-order valence-electron chi connectivity index (χ1n) is 9.86. The van der Waals surface area contributed by atoms with E-state index in [1.54, 1.807) is 24.3 Å². The fourth-order valence-electron chi connectivity index (χ4n) is 3.31. The van der Waals surface area contributed by atoms with Crippen LogP contribution in [0.15, 0.2) is 48.5 Å². The SMILES string of the molecule is CCC(C(=O)NC)N(Cc1cccc(C)c1)C(=O)CN(c1ccc(I)cc1)S(C)(=O)=O. The van der Waals surface area contributed by atoms with E-state index in [1.807, 2.05) is 38.1 Å². The van der Waals surface area contributed by atoms with Crippen molar-refractivity contribution in [2.75, 3.05) is 24.2 Å². The maximum atomic E-state index is 13.4. The molecule has 0 aliphatic carbocycles. The average Bonchev–Trinajstić information content (AvgIpc) is 2.71. The highest BCUT2D eigenvalue weighted by molar-refractivity contribution is 14.1. The Kier molecular flexibility index (Phi) is 8.87. The third-order valence-electron chi connectivity index (χ3n) is 4.86. The minimum Gasteiger partial charge on any atom is -0.357 e. The summed E-state index contributed by atoms with van der Waals surface area (Å²) in [6.45, 7) is 3.59. The van der Waals surface area contributed by atoms with E-state index in [1.165, 1.54) is 11.9 Å². The predicted octanol–water partition coefficient (Wildman–Crippen LogP) is 2.92. The standard InChI is InChI=1S/C22H28IN3O4S/c1-5-20(22(28)24-3)25(14-17-8-6-7-16(2)13-17)21(27)15-26(31(4,29)30)19-11-9-18(23)10-12-19/h6-13,20H,5,14-15H2,1-4H3,(H,24,28). The number of halogens is 1. The maximum Gasteiger partial charge on any atom is 0.244 e. The molecule has 0 aliphatic heterocycles. The minimum atomic E-state index is -3.71. The van der Waals surface area contributed by atoms with Crippen LogP contribution >= 0.6 is 22.6 Å². The second-order valence-corrected chi connectivity index (χ2v) is 10.4. The number of anilines is 1. The molecule has 31 heavy (non-hydrogen) atoms. The van der Waals surface area contributed by atoms with Crippen LogP contribution in [0.2, 0.25) is 0 Å². The molecule has 0 aromatic heterocycles. The highest BCUT2D eigenvalue weighted by atomic mass is 127. The lowest BCUT2D eigenvalue weighted by Crippen LogP contribution is -2.51. The van der Waals surface area contributed by atoms with Gasteiger partial charge >= 0.3 is 0 Å². The Bertz CT molecular complexity index is 1030. The minimum absolute atomic E-state index is 0.205. The van der Waals surface area contributed by atoms with Crippen LogP contribution in [-0.4, -0.2) is 51.0 Å². The molecule has 0 spiro atoms. The number of hydrogen-bond acceptors (Lipinski definition) is 4.